The first kappa shape index (κ1) is 11.8. The second-order valence-electron chi connectivity index (χ2n) is 3.75. The minimum atomic E-state index is -0.190. The fourth-order valence-electron chi connectivity index (χ4n) is 1.63. The van der Waals surface area contributed by atoms with Crippen molar-refractivity contribution >= 4 is 23.2 Å². The second kappa shape index (κ2) is 4.52. The van der Waals surface area contributed by atoms with Gasteiger partial charge in [0, 0.05) is 21.1 Å². The molecule has 0 bridgehead atoms. The van der Waals surface area contributed by atoms with Gasteiger partial charge in [0.1, 0.15) is 0 Å². The van der Waals surface area contributed by atoms with Crippen molar-refractivity contribution in [1.82, 2.24) is 5.32 Å². The molecule has 0 radical (unpaired) electrons. The first-order valence-electron chi connectivity index (χ1n) is 4.68. The normalized spacial score (nSPS) is 11.8. The highest BCUT2D eigenvalue weighted by Gasteiger charge is 2.24. The third-order valence-electron chi connectivity index (χ3n) is 2.21. The largest absolute Gasteiger partial charge is 0.308 e. The van der Waals surface area contributed by atoms with E-state index < -0.39 is 0 Å². The first-order valence-corrected chi connectivity index (χ1v) is 5.44. The van der Waals surface area contributed by atoms with Crippen LogP contribution < -0.4 is 5.32 Å². The van der Waals surface area contributed by atoms with Crippen LogP contribution in [0, 0.1) is 0 Å². The monoisotopic (exact) mass is 231 g/mol. The fourth-order valence-corrected chi connectivity index (χ4v) is 2.50. The molecule has 1 aromatic rings. The van der Waals surface area contributed by atoms with Gasteiger partial charge in [-0.3, -0.25) is 0 Å². The van der Waals surface area contributed by atoms with Gasteiger partial charge in [0.15, 0.2) is 0 Å². The topological polar surface area (TPSA) is 12.0 Å². The molecule has 78 valence electrons. The molecular weight excluding hydrogens is 217 g/mol. The van der Waals surface area contributed by atoms with Crippen LogP contribution in [0.25, 0.3) is 0 Å². The predicted molar refractivity (Wildman–Crippen MR) is 63.2 cm³/mol. The summed E-state index contributed by atoms with van der Waals surface area (Å²) in [5.41, 5.74) is 0.773. The number of hydrogen-bond donors (Lipinski definition) is 1. The lowest BCUT2D eigenvalue weighted by atomic mass is 9.94. The fraction of sp³-hybridized carbons (Fsp3) is 0.455. The zero-order chi connectivity index (χ0) is 10.8. The van der Waals surface area contributed by atoms with Gasteiger partial charge in [-0.25, -0.2) is 0 Å². The van der Waals surface area contributed by atoms with Gasteiger partial charge >= 0.3 is 0 Å². The van der Waals surface area contributed by atoms with Gasteiger partial charge in [-0.1, -0.05) is 36.2 Å². The van der Waals surface area contributed by atoms with Gasteiger partial charge in [-0.05, 0) is 32.5 Å². The molecule has 1 N–H and O–H groups in total. The van der Waals surface area contributed by atoms with Crippen LogP contribution in [0.1, 0.15) is 26.3 Å². The first-order chi connectivity index (χ1) is 6.49. The Balaban J connectivity index is 3.17. The van der Waals surface area contributed by atoms with Crippen molar-refractivity contribution in [3.8, 4) is 0 Å². The van der Waals surface area contributed by atoms with Crippen molar-refractivity contribution in [2.75, 3.05) is 6.54 Å². The highest BCUT2D eigenvalue weighted by molar-refractivity contribution is 6.36. The highest BCUT2D eigenvalue weighted by atomic mass is 35.5. The van der Waals surface area contributed by atoms with Gasteiger partial charge in [-0.2, -0.15) is 0 Å². The van der Waals surface area contributed by atoms with E-state index in [1.807, 2.05) is 18.2 Å². The zero-order valence-electron chi connectivity index (χ0n) is 8.70. The van der Waals surface area contributed by atoms with Crippen LogP contribution in [-0.2, 0) is 5.54 Å². The van der Waals surface area contributed by atoms with Crippen molar-refractivity contribution in [3.63, 3.8) is 0 Å². The van der Waals surface area contributed by atoms with Crippen molar-refractivity contribution in [3.05, 3.63) is 33.8 Å². The minimum Gasteiger partial charge on any atom is -0.308 e. The molecule has 1 rings (SSSR count). The molecule has 0 heterocycles. The molecule has 0 fully saturated rings. The molecule has 3 heteroatoms. The second-order valence-corrected chi connectivity index (χ2v) is 4.57. The van der Waals surface area contributed by atoms with E-state index in [0.29, 0.717) is 10.0 Å². The molecule has 0 aromatic heterocycles. The number of halogens is 2. The van der Waals surface area contributed by atoms with Crippen LogP contribution in [0.3, 0.4) is 0 Å². The molecule has 0 aliphatic carbocycles. The van der Waals surface area contributed by atoms with E-state index in [9.17, 15) is 0 Å². The Morgan fingerprint density at radius 3 is 2.14 bits per heavy atom. The predicted octanol–water partition coefficient (Wildman–Crippen LogP) is 3.84. The maximum atomic E-state index is 6.13. The number of nitrogens with one attached hydrogen (secondary N) is 1. The number of benzene rings is 1. The summed E-state index contributed by atoms with van der Waals surface area (Å²) in [4.78, 5) is 0. The highest BCUT2D eigenvalue weighted by Crippen LogP contribution is 2.33. The quantitative estimate of drug-likeness (QED) is 0.834. The van der Waals surface area contributed by atoms with E-state index in [1.54, 1.807) is 0 Å². The van der Waals surface area contributed by atoms with Crippen LogP contribution in [0.15, 0.2) is 18.2 Å². The molecule has 0 saturated carbocycles. The van der Waals surface area contributed by atoms with E-state index in [4.69, 9.17) is 23.2 Å². The lowest BCUT2D eigenvalue weighted by molar-refractivity contribution is 0.416. The molecule has 0 aliphatic heterocycles. The molecule has 0 spiro atoms. The van der Waals surface area contributed by atoms with E-state index in [-0.39, 0.29) is 5.54 Å². The molecular formula is C11H15Cl2N. The van der Waals surface area contributed by atoms with Crippen LogP contribution >= 0.6 is 23.2 Å². The van der Waals surface area contributed by atoms with Gasteiger partial charge in [-0.15, -0.1) is 0 Å². The molecule has 0 unspecified atom stereocenters. The zero-order valence-corrected chi connectivity index (χ0v) is 10.2. The van der Waals surface area contributed by atoms with Crippen LogP contribution in [0.5, 0.6) is 0 Å². The SMILES string of the molecule is CCNC(C)(C)c1c(Cl)cccc1Cl. The Hall–Kier alpha value is -0.240. The summed E-state index contributed by atoms with van der Waals surface area (Å²) in [7, 11) is 0. The van der Waals surface area contributed by atoms with Gasteiger partial charge in [0.2, 0.25) is 0 Å². The smallest absolute Gasteiger partial charge is 0.0471 e. The summed E-state index contributed by atoms with van der Waals surface area (Å²) in [5.74, 6) is 0. The van der Waals surface area contributed by atoms with Crippen LogP contribution in [0.2, 0.25) is 10.0 Å². The third-order valence-corrected chi connectivity index (χ3v) is 2.84. The van der Waals surface area contributed by atoms with Crippen molar-refractivity contribution in [2.24, 2.45) is 0 Å². The Bertz CT molecular complexity index is 301. The van der Waals surface area contributed by atoms with Crippen molar-refractivity contribution in [2.45, 2.75) is 26.3 Å². The van der Waals surface area contributed by atoms with E-state index in [1.165, 1.54) is 0 Å². The van der Waals surface area contributed by atoms with Crippen LogP contribution in [0.4, 0.5) is 0 Å². The molecule has 0 atom stereocenters. The summed E-state index contributed by atoms with van der Waals surface area (Å²) in [6.07, 6.45) is 0. The summed E-state index contributed by atoms with van der Waals surface area (Å²) < 4.78 is 0. The molecule has 0 amide bonds. The third kappa shape index (κ3) is 2.41. The number of rotatable bonds is 3. The van der Waals surface area contributed by atoms with E-state index in [0.717, 1.165) is 12.1 Å². The van der Waals surface area contributed by atoms with Crippen LogP contribution in [-0.4, -0.2) is 6.54 Å². The van der Waals surface area contributed by atoms with Gasteiger partial charge in [0.05, 0.1) is 0 Å². The van der Waals surface area contributed by atoms with Crippen molar-refractivity contribution in [1.29, 1.82) is 0 Å². The molecule has 0 aliphatic rings. The lowest BCUT2D eigenvalue weighted by Crippen LogP contribution is -2.36. The molecule has 0 saturated heterocycles. The summed E-state index contributed by atoms with van der Waals surface area (Å²) in [5, 5.41) is 4.77. The average molecular weight is 232 g/mol. The number of hydrogen-bond acceptors (Lipinski definition) is 1. The van der Waals surface area contributed by atoms with Gasteiger partial charge in [0.25, 0.3) is 0 Å². The maximum Gasteiger partial charge on any atom is 0.0471 e. The van der Waals surface area contributed by atoms with Crippen molar-refractivity contribution < 1.29 is 0 Å². The van der Waals surface area contributed by atoms with E-state index in [2.05, 4.69) is 26.1 Å². The Labute approximate surface area is 95.4 Å². The molecule has 14 heavy (non-hydrogen) atoms. The Kier molecular flexibility index (Phi) is 3.82. The Morgan fingerprint density at radius 1 is 1.21 bits per heavy atom. The minimum absolute atomic E-state index is 0.190. The maximum absolute atomic E-state index is 6.13. The molecule has 1 nitrogen and oxygen atoms in total. The average Bonchev–Trinajstić information content (AvgIpc) is 2.02. The summed E-state index contributed by atoms with van der Waals surface area (Å²) >= 11 is 12.3. The van der Waals surface area contributed by atoms with E-state index >= 15 is 0 Å². The Morgan fingerprint density at radius 2 is 1.71 bits per heavy atom. The summed E-state index contributed by atoms with van der Waals surface area (Å²) in [6.45, 7) is 7.09. The van der Waals surface area contributed by atoms with Gasteiger partial charge < -0.3 is 5.32 Å². The molecule has 1 aromatic carbocycles. The summed E-state index contributed by atoms with van der Waals surface area (Å²) in [6, 6.07) is 5.58. The lowest BCUT2D eigenvalue weighted by Gasteiger charge is -2.28. The standard InChI is InChI=1S/C11H15Cl2N/c1-4-14-11(2,3)10-8(12)6-5-7-9(10)13/h5-7,14H,4H2,1-3H3.